The van der Waals surface area contributed by atoms with Gasteiger partial charge in [-0.3, -0.25) is 9.69 Å². The highest BCUT2D eigenvalue weighted by molar-refractivity contribution is 8.01. The first kappa shape index (κ1) is 18.6. The lowest BCUT2D eigenvalue weighted by Crippen LogP contribution is -2.71. The molecule has 12 heteroatoms. The SMILES string of the molecule is CCCNC(=O)NC1C(=O)N2C(C(=O)O)=C(CSc3nnco3)CS[C@H]12. The summed E-state index contributed by atoms with van der Waals surface area (Å²) >= 11 is 2.63. The third kappa shape index (κ3) is 3.65. The van der Waals surface area contributed by atoms with Crippen molar-refractivity contribution in [3.8, 4) is 0 Å². The lowest BCUT2D eigenvalue weighted by Gasteiger charge is -2.49. The van der Waals surface area contributed by atoms with Crippen molar-refractivity contribution < 1.29 is 23.9 Å². The number of amides is 3. The van der Waals surface area contributed by atoms with Crippen molar-refractivity contribution in [2.75, 3.05) is 18.1 Å². The molecule has 0 spiro atoms. The van der Waals surface area contributed by atoms with E-state index in [4.69, 9.17) is 4.42 Å². The molecule has 1 aromatic rings. The second kappa shape index (κ2) is 7.99. The van der Waals surface area contributed by atoms with Crippen LogP contribution in [0.1, 0.15) is 13.3 Å². The molecule has 10 nitrogen and oxygen atoms in total. The Hall–Kier alpha value is -2.21. The summed E-state index contributed by atoms with van der Waals surface area (Å²) in [4.78, 5) is 37.2. The van der Waals surface area contributed by atoms with Gasteiger partial charge in [0.25, 0.3) is 11.1 Å². The highest BCUT2D eigenvalue weighted by Gasteiger charge is 2.54. The molecule has 0 aliphatic carbocycles. The summed E-state index contributed by atoms with van der Waals surface area (Å²) in [5, 5.41) is 22.0. The highest BCUT2D eigenvalue weighted by atomic mass is 32.2. The van der Waals surface area contributed by atoms with Gasteiger partial charge in [0.15, 0.2) is 0 Å². The molecule has 3 heterocycles. The first-order valence-corrected chi connectivity index (χ1v) is 9.89. The fourth-order valence-corrected chi connectivity index (χ4v) is 4.83. The third-order valence-electron chi connectivity index (χ3n) is 3.78. The molecule has 1 saturated heterocycles. The third-order valence-corrected chi connectivity index (χ3v) is 6.04. The van der Waals surface area contributed by atoms with E-state index in [0.29, 0.717) is 28.8 Å². The molecule has 3 amide bonds. The van der Waals surface area contributed by atoms with Crippen LogP contribution in [0.25, 0.3) is 0 Å². The Balaban J connectivity index is 1.69. The van der Waals surface area contributed by atoms with Gasteiger partial charge < -0.3 is 20.2 Å². The maximum Gasteiger partial charge on any atom is 0.352 e. The number of aromatic nitrogens is 2. The number of carboxylic acid groups (broad SMARTS) is 1. The van der Waals surface area contributed by atoms with E-state index in [0.717, 1.165) is 6.42 Å². The average molecular weight is 399 g/mol. The molecule has 0 radical (unpaired) electrons. The molecule has 1 fully saturated rings. The standard InChI is InChI=1S/C14H17N5O5S2/c1-2-3-15-13(23)17-8-10(20)19-9(12(21)22)7(4-25-11(8)19)5-26-14-18-16-6-24-14/h6,8,11H,2-5H2,1H3,(H,21,22)(H2,15,17,23)/t8?,11-/m1/s1. The normalized spacial score (nSPS) is 21.9. The van der Waals surface area contributed by atoms with Crippen LogP contribution in [0.2, 0.25) is 0 Å². The van der Waals surface area contributed by atoms with E-state index >= 15 is 0 Å². The molecule has 0 bridgehead atoms. The number of rotatable bonds is 7. The molecule has 1 aromatic heterocycles. The molecular weight excluding hydrogens is 382 g/mol. The minimum Gasteiger partial charge on any atom is -0.477 e. The summed E-state index contributed by atoms with van der Waals surface area (Å²) in [5.74, 6) is -0.834. The number of carbonyl (C=O) groups excluding carboxylic acids is 2. The Morgan fingerprint density at radius 2 is 2.35 bits per heavy atom. The number of hydrogen-bond acceptors (Lipinski definition) is 8. The van der Waals surface area contributed by atoms with E-state index in [9.17, 15) is 19.5 Å². The molecule has 0 saturated carbocycles. The second-order valence-electron chi connectivity index (χ2n) is 5.54. The quantitative estimate of drug-likeness (QED) is 0.442. The molecule has 1 unspecified atom stereocenters. The number of β-lactam (4-membered cyclic amide) rings is 1. The topological polar surface area (TPSA) is 138 Å². The van der Waals surface area contributed by atoms with E-state index in [1.54, 1.807) is 0 Å². The van der Waals surface area contributed by atoms with Crippen molar-refractivity contribution in [3.05, 3.63) is 17.7 Å². The number of fused-ring (bicyclic) bond motifs is 1. The van der Waals surface area contributed by atoms with E-state index in [2.05, 4.69) is 20.8 Å². The van der Waals surface area contributed by atoms with Gasteiger partial charge in [0.05, 0.1) is 0 Å². The summed E-state index contributed by atoms with van der Waals surface area (Å²) in [6.07, 6.45) is 1.97. The maximum atomic E-state index is 12.4. The minimum absolute atomic E-state index is 0.0298. The first-order chi connectivity index (χ1) is 12.5. The lowest BCUT2D eigenvalue weighted by molar-refractivity contribution is -0.148. The Morgan fingerprint density at radius 3 is 3.00 bits per heavy atom. The predicted molar refractivity (Wildman–Crippen MR) is 93.4 cm³/mol. The van der Waals surface area contributed by atoms with Crippen molar-refractivity contribution >= 4 is 41.4 Å². The van der Waals surface area contributed by atoms with Gasteiger partial charge in [-0.25, -0.2) is 9.59 Å². The number of aliphatic carboxylic acids is 1. The number of hydrogen-bond donors (Lipinski definition) is 3. The van der Waals surface area contributed by atoms with Crippen LogP contribution in [0.15, 0.2) is 27.3 Å². The van der Waals surface area contributed by atoms with E-state index < -0.39 is 29.3 Å². The maximum absolute atomic E-state index is 12.4. The van der Waals surface area contributed by atoms with Gasteiger partial charge in [-0.1, -0.05) is 18.7 Å². The molecule has 3 rings (SSSR count). The van der Waals surface area contributed by atoms with Gasteiger partial charge >= 0.3 is 12.0 Å². The zero-order valence-electron chi connectivity index (χ0n) is 13.8. The smallest absolute Gasteiger partial charge is 0.352 e. The average Bonchev–Trinajstić information content (AvgIpc) is 3.15. The Kier molecular flexibility index (Phi) is 5.71. The van der Waals surface area contributed by atoms with Crippen molar-refractivity contribution in [1.29, 1.82) is 0 Å². The Morgan fingerprint density at radius 1 is 1.54 bits per heavy atom. The summed E-state index contributed by atoms with van der Waals surface area (Å²) in [7, 11) is 0. The number of nitrogens with one attached hydrogen (secondary N) is 2. The fraction of sp³-hybridized carbons (Fsp3) is 0.500. The Labute approximate surface area is 157 Å². The molecular formula is C14H17N5O5S2. The first-order valence-electron chi connectivity index (χ1n) is 7.86. The molecule has 26 heavy (non-hydrogen) atoms. The van der Waals surface area contributed by atoms with Crippen molar-refractivity contribution in [2.45, 2.75) is 30.0 Å². The van der Waals surface area contributed by atoms with Gasteiger partial charge in [0, 0.05) is 18.1 Å². The molecule has 0 aromatic carbocycles. The number of thioether (sulfide) groups is 2. The summed E-state index contributed by atoms with van der Waals surface area (Å²) in [5.41, 5.74) is 0.571. The molecule has 2 atom stereocenters. The minimum atomic E-state index is -1.17. The van der Waals surface area contributed by atoms with Crippen molar-refractivity contribution in [1.82, 2.24) is 25.7 Å². The van der Waals surface area contributed by atoms with Gasteiger partial charge in [-0.05, 0) is 12.0 Å². The van der Waals surface area contributed by atoms with Crippen molar-refractivity contribution in [3.63, 3.8) is 0 Å². The summed E-state index contributed by atoms with van der Waals surface area (Å²) in [6.45, 7) is 2.43. The van der Waals surface area contributed by atoms with Gasteiger partial charge in [-0.15, -0.1) is 22.0 Å². The number of carbonyl (C=O) groups is 3. The second-order valence-corrected chi connectivity index (χ2v) is 7.57. The van der Waals surface area contributed by atoms with Crippen LogP contribution in [0.3, 0.4) is 0 Å². The van der Waals surface area contributed by atoms with Gasteiger partial charge in [0.1, 0.15) is 17.1 Å². The summed E-state index contributed by atoms with van der Waals surface area (Å²) < 4.78 is 5.03. The largest absolute Gasteiger partial charge is 0.477 e. The zero-order chi connectivity index (χ0) is 18.7. The highest BCUT2D eigenvalue weighted by Crippen LogP contribution is 2.41. The van der Waals surface area contributed by atoms with Crippen LogP contribution in [0.4, 0.5) is 4.79 Å². The number of urea groups is 1. The lowest BCUT2D eigenvalue weighted by atomic mass is 10.0. The zero-order valence-corrected chi connectivity index (χ0v) is 15.4. The van der Waals surface area contributed by atoms with E-state index in [-0.39, 0.29) is 5.70 Å². The summed E-state index contributed by atoms with van der Waals surface area (Å²) in [6, 6.07) is -1.15. The van der Waals surface area contributed by atoms with Gasteiger partial charge in [-0.2, -0.15) is 0 Å². The molecule has 3 N–H and O–H groups in total. The van der Waals surface area contributed by atoms with Crippen LogP contribution >= 0.6 is 23.5 Å². The molecule has 2 aliphatic heterocycles. The van der Waals surface area contributed by atoms with Crippen LogP contribution in [0, 0.1) is 0 Å². The molecule has 2 aliphatic rings. The van der Waals surface area contributed by atoms with Crippen LogP contribution in [-0.2, 0) is 9.59 Å². The monoisotopic (exact) mass is 399 g/mol. The predicted octanol–water partition coefficient (Wildman–Crippen LogP) is 0.493. The molecule has 140 valence electrons. The van der Waals surface area contributed by atoms with Crippen LogP contribution in [-0.4, -0.2) is 67.6 Å². The van der Waals surface area contributed by atoms with E-state index in [1.807, 2.05) is 6.92 Å². The number of nitrogens with zero attached hydrogens (tertiary/aromatic N) is 3. The van der Waals surface area contributed by atoms with Crippen LogP contribution in [0.5, 0.6) is 0 Å². The van der Waals surface area contributed by atoms with Crippen LogP contribution < -0.4 is 10.6 Å². The van der Waals surface area contributed by atoms with Crippen molar-refractivity contribution in [2.24, 2.45) is 0 Å². The van der Waals surface area contributed by atoms with Gasteiger partial charge in [0.2, 0.25) is 6.39 Å². The van der Waals surface area contributed by atoms with E-state index in [1.165, 1.54) is 34.8 Å². The fourth-order valence-electron chi connectivity index (χ4n) is 2.60. The Bertz CT molecular complexity index is 738. The number of carboxylic acids is 1.